The molecule has 23 heavy (non-hydrogen) atoms. The molecule has 1 unspecified atom stereocenters. The third-order valence-electron chi connectivity index (χ3n) is 3.75. The number of nitrogens with zero attached hydrogens (tertiary/aromatic N) is 2. The number of aromatic amines is 1. The molecule has 1 aromatic heterocycles. The van der Waals surface area contributed by atoms with Gasteiger partial charge in [0, 0.05) is 17.5 Å². The summed E-state index contributed by atoms with van der Waals surface area (Å²) in [6, 6.07) is 5.77. The van der Waals surface area contributed by atoms with E-state index in [1.165, 1.54) is 23.1 Å². The van der Waals surface area contributed by atoms with Gasteiger partial charge in [0.2, 0.25) is 0 Å². The van der Waals surface area contributed by atoms with E-state index in [4.69, 9.17) is 5.11 Å². The molecule has 2 aromatic rings. The zero-order chi connectivity index (χ0) is 17.1. The summed E-state index contributed by atoms with van der Waals surface area (Å²) in [7, 11) is 0. The first-order valence-electron chi connectivity index (χ1n) is 7.14. The number of aromatic nitrogens is 1. The highest BCUT2D eigenvalue weighted by molar-refractivity contribution is 6.01. The number of benzene rings is 1. The molecule has 1 atom stereocenters. The quantitative estimate of drug-likeness (QED) is 0.626. The van der Waals surface area contributed by atoms with E-state index in [0.29, 0.717) is 11.8 Å². The lowest BCUT2D eigenvalue weighted by molar-refractivity contribution is -0.383. The highest BCUT2D eigenvalue weighted by atomic mass is 16.6. The molecule has 0 aliphatic heterocycles. The van der Waals surface area contributed by atoms with Crippen molar-refractivity contribution < 1.29 is 19.6 Å². The Balaban J connectivity index is 2.45. The van der Waals surface area contributed by atoms with Crippen LogP contribution in [0.2, 0.25) is 0 Å². The van der Waals surface area contributed by atoms with Gasteiger partial charge in [-0.05, 0) is 19.4 Å². The zero-order valence-electron chi connectivity index (χ0n) is 12.8. The van der Waals surface area contributed by atoms with Crippen LogP contribution in [-0.4, -0.2) is 44.4 Å². The largest absolute Gasteiger partial charge is 0.480 e. The van der Waals surface area contributed by atoms with Gasteiger partial charge in [-0.3, -0.25) is 19.7 Å². The predicted octanol–water partition coefficient (Wildman–Crippen LogP) is 2.40. The van der Waals surface area contributed by atoms with E-state index in [2.05, 4.69) is 4.98 Å². The maximum Gasteiger partial charge on any atom is 0.323 e. The zero-order valence-corrected chi connectivity index (χ0v) is 12.8. The minimum atomic E-state index is -1.11. The van der Waals surface area contributed by atoms with E-state index in [1.54, 1.807) is 13.0 Å². The Morgan fingerprint density at radius 1 is 1.43 bits per heavy atom. The van der Waals surface area contributed by atoms with Crippen LogP contribution in [0.1, 0.15) is 30.8 Å². The molecule has 0 bridgehead atoms. The molecule has 0 saturated heterocycles. The van der Waals surface area contributed by atoms with Crippen LogP contribution in [0.5, 0.6) is 0 Å². The van der Waals surface area contributed by atoms with Gasteiger partial charge in [-0.2, -0.15) is 0 Å². The second kappa shape index (κ2) is 6.47. The summed E-state index contributed by atoms with van der Waals surface area (Å²) in [5.74, 6) is -1.60. The number of carbonyl (C=O) groups excluding carboxylic acids is 1. The molecule has 8 heteroatoms. The standard InChI is InChI=1S/C15H17N3O5/c1-3-9(2)17(8-13(19)20)15(21)11-7-10-5-4-6-12(18(22)23)14(10)16-11/h4-7,9,16H,3,8H2,1-2H3,(H,19,20). The second-order valence-corrected chi connectivity index (χ2v) is 5.27. The van der Waals surface area contributed by atoms with Crippen molar-refractivity contribution in [2.45, 2.75) is 26.3 Å². The van der Waals surface area contributed by atoms with Gasteiger partial charge in [0.15, 0.2) is 0 Å². The lowest BCUT2D eigenvalue weighted by Gasteiger charge is -2.26. The first-order chi connectivity index (χ1) is 10.8. The van der Waals surface area contributed by atoms with Crippen LogP contribution in [0, 0.1) is 10.1 Å². The number of rotatable bonds is 6. The lowest BCUT2D eigenvalue weighted by atomic mass is 10.2. The third kappa shape index (κ3) is 3.31. The average molecular weight is 319 g/mol. The first-order valence-corrected chi connectivity index (χ1v) is 7.14. The number of nitro groups is 1. The fourth-order valence-corrected chi connectivity index (χ4v) is 2.36. The number of fused-ring (bicyclic) bond motifs is 1. The van der Waals surface area contributed by atoms with Crippen molar-refractivity contribution in [2.24, 2.45) is 0 Å². The number of carbonyl (C=O) groups is 2. The van der Waals surface area contributed by atoms with Gasteiger partial charge in [-0.25, -0.2) is 0 Å². The summed E-state index contributed by atoms with van der Waals surface area (Å²) >= 11 is 0. The molecule has 0 aliphatic rings. The van der Waals surface area contributed by atoms with Gasteiger partial charge in [0.05, 0.1) is 4.92 Å². The third-order valence-corrected chi connectivity index (χ3v) is 3.75. The molecule has 8 nitrogen and oxygen atoms in total. The molecule has 0 fully saturated rings. The number of carboxylic acid groups (broad SMARTS) is 1. The smallest absolute Gasteiger partial charge is 0.323 e. The highest BCUT2D eigenvalue weighted by Gasteiger charge is 2.25. The number of nitro benzene ring substituents is 1. The van der Waals surface area contributed by atoms with Crippen LogP contribution in [0.4, 0.5) is 5.69 Å². The van der Waals surface area contributed by atoms with Crippen LogP contribution >= 0.6 is 0 Å². The summed E-state index contributed by atoms with van der Waals surface area (Å²) < 4.78 is 0. The van der Waals surface area contributed by atoms with Gasteiger partial charge >= 0.3 is 5.97 Å². The SMILES string of the molecule is CCC(C)N(CC(=O)O)C(=O)c1cc2cccc([N+](=O)[O-])c2[nH]1. The first kappa shape index (κ1) is 16.5. The van der Waals surface area contributed by atoms with Crippen LogP contribution in [0.15, 0.2) is 24.3 Å². The van der Waals surface area contributed by atoms with Crippen molar-refractivity contribution in [3.8, 4) is 0 Å². The minimum absolute atomic E-state index is 0.130. The molecule has 2 N–H and O–H groups in total. The van der Waals surface area contributed by atoms with Crippen molar-refractivity contribution in [3.05, 3.63) is 40.1 Å². The maximum atomic E-state index is 12.6. The van der Waals surface area contributed by atoms with Crippen LogP contribution in [0.3, 0.4) is 0 Å². The Labute approximate surface area is 131 Å². The molecule has 0 radical (unpaired) electrons. The van der Waals surface area contributed by atoms with Gasteiger partial charge in [0.25, 0.3) is 11.6 Å². The minimum Gasteiger partial charge on any atom is -0.480 e. The summed E-state index contributed by atoms with van der Waals surface area (Å²) in [6.45, 7) is 3.18. The number of carboxylic acids is 1. The molecule has 1 aromatic carbocycles. The van der Waals surface area contributed by atoms with Crippen LogP contribution in [0.25, 0.3) is 10.9 Å². The van der Waals surface area contributed by atoms with E-state index in [-0.39, 0.29) is 22.9 Å². The monoisotopic (exact) mass is 319 g/mol. The predicted molar refractivity (Wildman–Crippen MR) is 83.4 cm³/mol. The number of non-ortho nitro benzene ring substituents is 1. The van der Waals surface area contributed by atoms with Gasteiger partial charge < -0.3 is 15.0 Å². The Bertz CT molecular complexity index is 768. The number of amides is 1. The summed E-state index contributed by atoms with van der Waals surface area (Å²) in [4.78, 5) is 38.1. The molecular weight excluding hydrogens is 302 g/mol. The lowest BCUT2D eigenvalue weighted by Crippen LogP contribution is -2.42. The second-order valence-electron chi connectivity index (χ2n) is 5.27. The average Bonchev–Trinajstić information content (AvgIpc) is 2.94. The molecule has 1 heterocycles. The fraction of sp³-hybridized carbons (Fsp3) is 0.333. The molecule has 2 rings (SSSR count). The van der Waals surface area contributed by atoms with Crippen molar-refractivity contribution in [3.63, 3.8) is 0 Å². The van der Waals surface area contributed by atoms with Crippen molar-refractivity contribution in [2.75, 3.05) is 6.54 Å². The summed E-state index contributed by atoms with van der Waals surface area (Å²) in [5, 5.41) is 20.6. The van der Waals surface area contributed by atoms with Crippen molar-refractivity contribution in [1.82, 2.24) is 9.88 Å². The van der Waals surface area contributed by atoms with E-state index in [1.807, 2.05) is 6.92 Å². The summed E-state index contributed by atoms with van der Waals surface area (Å²) in [5.41, 5.74) is 0.256. The van der Waals surface area contributed by atoms with Gasteiger partial charge in [-0.1, -0.05) is 19.1 Å². The number of aliphatic carboxylic acids is 1. The summed E-state index contributed by atoms with van der Waals surface area (Å²) in [6.07, 6.45) is 0.597. The number of nitrogens with one attached hydrogen (secondary N) is 1. The Kier molecular flexibility index (Phi) is 4.63. The highest BCUT2D eigenvalue weighted by Crippen LogP contribution is 2.26. The fourth-order valence-electron chi connectivity index (χ4n) is 2.36. The Hall–Kier alpha value is -2.90. The molecule has 122 valence electrons. The van der Waals surface area contributed by atoms with Crippen LogP contribution in [-0.2, 0) is 4.79 Å². The van der Waals surface area contributed by atoms with E-state index < -0.39 is 23.3 Å². The Morgan fingerprint density at radius 2 is 2.13 bits per heavy atom. The van der Waals surface area contributed by atoms with E-state index >= 15 is 0 Å². The van der Waals surface area contributed by atoms with Crippen molar-refractivity contribution >= 4 is 28.5 Å². The number of hydrogen-bond donors (Lipinski definition) is 2. The topological polar surface area (TPSA) is 117 Å². The number of H-pyrrole nitrogens is 1. The van der Waals surface area contributed by atoms with E-state index in [0.717, 1.165) is 0 Å². The number of hydrogen-bond acceptors (Lipinski definition) is 4. The van der Waals surface area contributed by atoms with Crippen molar-refractivity contribution in [1.29, 1.82) is 0 Å². The van der Waals surface area contributed by atoms with E-state index in [9.17, 15) is 19.7 Å². The molecule has 0 aliphatic carbocycles. The molecule has 0 saturated carbocycles. The normalized spacial score (nSPS) is 12.1. The molecule has 1 amide bonds. The maximum absolute atomic E-state index is 12.6. The number of para-hydroxylation sites is 1. The van der Waals surface area contributed by atoms with Crippen LogP contribution < -0.4 is 0 Å². The van der Waals surface area contributed by atoms with Gasteiger partial charge in [-0.15, -0.1) is 0 Å². The molecule has 0 spiro atoms. The molecular formula is C15H17N3O5. The Morgan fingerprint density at radius 3 is 2.70 bits per heavy atom. The van der Waals surface area contributed by atoms with Gasteiger partial charge in [0.1, 0.15) is 17.8 Å².